The van der Waals surface area contributed by atoms with Gasteiger partial charge in [0.15, 0.2) is 0 Å². The van der Waals surface area contributed by atoms with Crippen LogP contribution in [-0.4, -0.2) is 20.9 Å². The maximum atomic E-state index is 11.9. The highest BCUT2D eigenvalue weighted by Crippen LogP contribution is 2.10. The van der Waals surface area contributed by atoms with Gasteiger partial charge in [0.2, 0.25) is 10.0 Å². The first-order valence-electron chi connectivity index (χ1n) is 7.36. The fraction of sp³-hybridized carbons (Fsp3) is 0.533. The second-order valence-electron chi connectivity index (χ2n) is 5.10. The topological polar surface area (TPSA) is 89.3 Å². The number of amides is 1. The van der Waals surface area contributed by atoms with E-state index in [9.17, 15) is 13.2 Å². The molecule has 21 heavy (non-hydrogen) atoms. The predicted molar refractivity (Wildman–Crippen MR) is 83.5 cm³/mol. The van der Waals surface area contributed by atoms with E-state index in [0.717, 1.165) is 12.8 Å². The molecule has 0 aromatic heterocycles. The molecular formula is C15H24N2O3S. The van der Waals surface area contributed by atoms with Gasteiger partial charge in [-0.1, -0.05) is 45.1 Å². The van der Waals surface area contributed by atoms with Crippen molar-refractivity contribution in [1.29, 1.82) is 0 Å². The van der Waals surface area contributed by atoms with Crippen LogP contribution in [0.3, 0.4) is 0 Å². The molecule has 0 bridgehead atoms. The van der Waals surface area contributed by atoms with Crippen LogP contribution in [-0.2, 0) is 10.0 Å². The smallest absolute Gasteiger partial charge is 0.251 e. The molecule has 0 spiro atoms. The molecule has 0 unspecified atom stereocenters. The molecule has 0 atom stereocenters. The zero-order valence-corrected chi connectivity index (χ0v) is 13.3. The first-order chi connectivity index (χ1) is 9.95. The number of carbonyl (C=O) groups is 1. The molecule has 0 saturated heterocycles. The molecule has 118 valence electrons. The summed E-state index contributed by atoms with van der Waals surface area (Å²) in [6.07, 6.45) is 6.93. The summed E-state index contributed by atoms with van der Waals surface area (Å²) in [7, 11) is -3.78. The van der Waals surface area contributed by atoms with E-state index in [2.05, 4.69) is 12.2 Å². The molecular weight excluding hydrogens is 288 g/mol. The fourth-order valence-corrected chi connectivity index (χ4v) is 2.58. The molecule has 0 aliphatic heterocycles. The standard InChI is InChI=1S/C15H24N2O3S/c1-2-3-4-5-6-7-11-17-15(18)13-9-8-10-14(12-13)21(16,19)20/h8-10,12H,2-7,11H2,1H3,(H,17,18)(H2,16,19,20). The monoisotopic (exact) mass is 312 g/mol. The van der Waals surface area contributed by atoms with Gasteiger partial charge in [-0.15, -0.1) is 0 Å². The lowest BCUT2D eigenvalue weighted by Gasteiger charge is -2.06. The number of nitrogens with two attached hydrogens (primary N) is 1. The maximum absolute atomic E-state index is 11.9. The third kappa shape index (κ3) is 6.73. The van der Waals surface area contributed by atoms with Gasteiger partial charge in [0, 0.05) is 12.1 Å². The van der Waals surface area contributed by atoms with Gasteiger partial charge in [0.05, 0.1) is 4.90 Å². The minimum absolute atomic E-state index is 0.0466. The highest BCUT2D eigenvalue weighted by Gasteiger charge is 2.11. The van der Waals surface area contributed by atoms with Crippen LogP contribution in [0.25, 0.3) is 0 Å². The summed E-state index contributed by atoms with van der Waals surface area (Å²) in [6.45, 7) is 2.78. The normalized spacial score (nSPS) is 11.3. The van der Waals surface area contributed by atoms with Crippen LogP contribution in [0.5, 0.6) is 0 Å². The van der Waals surface area contributed by atoms with Gasteiger partial charge in [-0.2, -0.15) is 0 Å². The second-order valence-corrected chi connectivity index (χ2v) is 6.66. The summed E-state index contributed by atoms with van der Waals surface area (Å²) in [6, 6.07) is 5.76. The van der Waals surface area contributed by atoms with Crippen LogP contribution in [0.15, 0.2) is 29.2 Å². The van der Waals surface area contributed by atoms with Gasteiger partial charge in [0.25, 0.3) is 5.91 Å². The fourth-order valence-electron chi connectivity index (χ4n) is 2.02. The number of carbonyl (C=O) groups excluding carboxylic acids is 1. The molecule has 1 aromatic rings. The van der Waals surface area contributed by atoms with Gasteiger partial charge in [-0.25, -0.2) is 13.6 Å². The molecule has 0 fully saturated rings. The zero-order valence-electron chi connectivity index (χ0n) is 12.5. The lowest BCUT2D eigenvalue weighted by Crippen LogP contribution is -2.24. The Labute approximate surface area is 127 Å². The highest BCUT2D eigenvalue weighted by atomic mass is 32.2. The number of nitrogens with one attached hydrogen (secondary N) is 1. The average molecular weight is 312 g/mol. The van der Waals surface area contributed by atoms with Crippen molar-refractivity contribution >= 4 is 15.9 Å². The molecule has 0 aliphatic rings. The van der Waals surface area contributed by atoms with Crippen molar-refractivity contribution in [3.05, 3.63) is 29.8 Å². The number of rotatable bonds is 9. The first kappa shape index (κ1) is 17.7. The van der Waals surface area contributed by atoms with E-state index in [1.54, 1.807) is 6.07 Å². The molecule has 0 radical (unpaired) electrons. The van der Waals surface area contributed by atoms with E-state index in [1.165, 1.54) is 43.9 Å². The van der Waals surface area contributed by atoms with Crippen molar-refractivity contribution in [2.45, 2.75) is 50.3 Å². The van der Waals surface area contributed by atoms with Crippen molar-refractivity contribution in [1.82, 2.24) is 5.32 Å². The summed E-state index contributed by atoms with van der Waals surface area (Å²) in [5.41, 5.74) is 0.313. The van der Waals surface area contributed by atoms with E-state index < -0.39 is 10.0 Å². The van der Waals surface area contributed by atoms with Crippen molar-refractivity contribution in [3.8, 4) is 0 Å². The Hall–Kier alpha value is -1.40. The van der Waals surface area contributed by atoms with Crippen LogP contribution in [0.4, 0.5) is 0 Å². The van der Waals surface area contributed by atoms with Crippen molar-refractivity contribution < 1.29 is 13.2 Å². The molecule has 3 N–H and O–H groups in total. The Morgan fingerprint density at radius 2 is 1.81 bits per heavy atom. The summed E-state index contributed by atoms with van der Waals surface area (Å²) in [5.74, 6) is -0.269. The molecule has 1 rings (SSSR count). The van der Waals surface area contributed by atoms with Gasteiger partial charge in [-0.3, -0.25) is 4.79 Å². The molecule has 6 heteroatoms. The van der Waals surface area contributed by atoms with Crippen LogP contribution >= 0.6 is 0 Å². The van der Waals surface area contributed by atoms with Crippen molar-refractivity contribution in [3.63, 3.8) is 0 Å². The second kappa shape index (κ2) is 8.79. The predicted octanol–water partition coefficient (Wildman–Crippen LogP) is 2.42. The number of sulfonamides is 1. The van der Waals surface area contributed by atoms with E-state index in [4.69, 9.17) is 5.14 Å². The van der Waals surface area contributed by atoms with Gasteiger partial charge >= 0.3 is 0 Å². The Morgan fingerprint density at radius 1 is 1.14 bits per heavy atom. The lowest BCUT2D eigenvalue weighted by molar-refractivity contribution is 0.0952. The van der Waals surface area contributed by atoms with E-state index in [-0.39, 0.29) is 10.8 Å². The molecule has 0 aliphatic carbocycles. The number of hydrogen-bond donors (Lipinski definition) is 2. The van der Waals surface area contributed by atoms with Crippen LogP contribution in [0.1, 0.15) is 55.8 Å². The van der Waals surface area contributed by atoms with Gasteiger partial charge in [-0.05, 0) is 24.6 Å². The zero-order chi connectivity index (χ0) is 15.7. The number of primary sulfonamides is 1. The summed E-state index contributed by atoms with van der Waals surface area (Å²) in [4.78, 5) is 11.9. The van der Waals surface area contributed by atoms with E-state index >= 15 is 0 Å². The van der Waals surface area contributed by atoms with Gasteiger partial charge in [0.1, 0.15) is 0 Å². The third-order valence-corrected chi connectivity index (χ3v) is 4.15. The average Bonchev–Trinajstić information content (AvgIpc) is 2.45. The molecule has 1 amide bonds. The molecule has 5 nitrogen and oxygen atoms in total. The van der Waals surface area contributed by atoms with E-state index in [0.29, 0.717) is 12.1 Å². The lowest BCUT2D eigenvalue weighted by atomic mass is 10.1. The molecule has 1 aromatic carbocycles. The summed E-state index contributed by atoms with van der Waals surface area (Å²) in [5, 5.41) is 7.84. The summed E-state index contributed by atoms with van der Waals surface area (Å²) >= 11 is 0. The van der Waals surface area contributed by atoms with Gasteiger partial charge < -0.3 is 5.32 Å². The third-order valence-electron chi connectivity index (χ3n) is 3.24. The Morgan fingerprint density at radius 3 is 2.48 bits per heavy atom. The van der Waals surface area contributed by atoms with Crippen LogP contribution in [0, 0.1) is 0 Å². The highest BCUT2D eigenvalue weighted by molar-refractivity contribution is 7.89. The van der Waals surface area contributed by atoms with Crippen LogP contribution in [0.2, 0.25) is 0 Å². The minimum atomic E-state index is -3.78. The molecule has 0 heterocycles. The van der Waals surface area contributed by atoms with Crippen molar-refractivity contribution in [2.75, 3.05) is 6.54 Å². The number of hydrogen-bond acceptors (Lipinski definition) is 3. The molecule has 0 saturated carbocycles. The number of benzene rings is 1. The SMILES string of the molecule is CCCCCCCCNC(=O)c1cccc(S(N)(=O)=O)c1. The minimum Gasteiger partial charge on any atom is -0.352 e. The Balaban J connectivity index is 2.39. The summed E-state index contributed by atoms with van der Waals surface area (Å²) < 4.78 is 22.5. The first-order valence-corrected chi connectivity index (χ1v) is 8.91. The van der Waals surface area contributed by atoms with Crippen LogP contribution < -0.4 is 10.5 Å². The number of unbranched alkanes of at least 4 members (excludes halogenated alkanes) is 5. The van der Waals surface area contributed by atoms with E-state index in [1.807, 2.05) is 0 Å². The quantitative estimate of drug-likeness (QED) is 0.686. The maximum Gasteiger partial charge on any atom is 0.251 e. The Kier molecular flexibility index (Phi) is 7.39. The van der Waals surface area contributed by atoms with Crippen molar-refractivity contribution in [2.24, 2.45) is 5.14 Å². The Bertz CT molecular complexity index is 556. The largest absolute Gasteiger partial charge is 0.352 e.